The minimum Gasteiger partial charge on any atom is -0.369 e. The second kappa shape index (κ2) is 7.26. The van der Waals surface area contributed by atoms with Crippen molar-refractivity contribution in [3.8, 4) is 0 Å². The van der Waals surface area contributed by atoms with Gasteiger partial charge in [-0.1, -0.05) is 39.0 Å². The summed E-state index contributed by atoms with van der Waals surface area (Å²) in [6.07, 6.45) is 4.33. The van der Waals surface area contributed by atoms with Crippen LogP contribution in [0.5, 0.6) is 0 Å². The highest BCUT2D eigenvalue weighted by atomic mass is 15.2. The Morgan fingerprint density at radius 2 is 1.88 bits per heavy atom. The van der Waals surface area contributed by atoms with Crippen LogP contribution in [0, 0.1) is 0 Å². The van der Waals surface area contributed by atoms with Crippen LogP contribution in [0.4, 0.5) is 11.4 Å². The Bertz CT molecular complexity index is 786. The van der Waals surface area contributed by atoms with Gasteiger partial charge in [-0.05, 0) is 79.5 Å². The standard InChI is InChI=1S/C24H32N2/c1-7-17(2)20-9-11-21(12-10-20)25-16-19-8-13-23-22(14-19)18(3)15-24(4,5)26(23)6/h8-14,16-18H,7,15H2,1-6H3. The van der Waals surface area contributed by atoms with Crippen molar-refractivity contribution < 1.29 is 0 Å². The van der Waals surface area contributed by atoms with Crippen molar-refractivity contribution in [2.24, 2.45) is 4.99 Å². The Labute approximate surface area is 159 Å². The average Bonchev–Trinajstić information content (AvgIpc) is 2.64. The van der Waals surface area contributed by atoms with E-state index in [1.54, 1.807) is 0 Å². The van der Waals surface area contributed by atoms with E-state index < -0.39 is 0 Å². The molecule has 1 aliphatic rings. The fraction of sp³-hybridized carbons (Fsp3) is 0.458. The van der Waals surface area contributed by atoms with Crippen molar-refractivity contribution in [1.29, 1.82) is 0 Å². The highest BCUT2D eigenvalue weighted by molar-refractivity contribution is 5.83. The Balaban J connectivity index is 1.81. The van der Waals surface area contributed by atoms with Crippen LogP contribution < -0.4 is 4.90 Å². The molecule has 0 spiro atoms. The lowest BCUT2D eigenvalue weighted by Crippen LogP contribution is -2.45. The summed E-state index contributed by atoms with van der Waals surface area (Å²) >= 11 is 0. The molecule has 1 aliphatic heterocycles. The summed E-state index contributed by atoms with van der Waals surface area (Å²) in [6.45, 7) is 11.5. The van der Waals surface area contributed by atoms with Crippen molar-refractivity contribution in [3.05, 3.63) is 59.2 Å². The fourth-order valence-electron chi connectivity index (χ4n) is 3.95. The molecule has 2 atom stereocenters. The van der Waals surface area contributed by atoms with Crippen LogP contribution in [0.3, 0.4) is 0 Å². The van der Waals surface area contributed by atoms with Crippen LogP contribution in [-0.2, 0) is 0 Å². The molecule has 0 bridgehead atoms. The lowest BCUT2D eigenvalue weighted by Gasteiger charge is -2.45. The molecule has 0 saturated heterocycles. The van der Waals surface area contributed by atoms with E-state index in [-0.39, 0.29) is 5.54 Å². The van der Waals surface area contributed by atoms with Crippen molar-refractivity contribution in [2.75, 3.05) is 11.9 Å². The highest BCUT2D eigenvalue weighted by Gasteiger charge is 2.33. The second-order valence-corrected chi connectivity index (χ2v) is 8.45. The van der Waals surface area contributed by atoms with E-state index in [2.05, 4.69) is 94.0 Å². The van der Waals surface area contributed by atoms with Gasteiger partial charge in [0.1, 0.15) is 0 Å². The third-order valence-electron chi connectivity index (χ3n) is 6.09. The smallest absolute Gasteiger partial charge is 0.0630 e. The molecule has 0 fully saturated rings. The molecule has 2 aromatic rings. The average molecular weight is 349 g/mol. The molecule has 26 heavy (non-hydrogen) atoms. The summed E-state index contributed by atoms with van der Waals surface area (Å²) in [4.78, 5) is 7.10. The summed E-state index contributed by atoms with van der Waals surface area (Å²) in [6, 6.07) is 15.4. The van der Waals surface area contributed by atoms with E-state index in [1.165, 1.54) is 35.2 Å². The van der Waals surface area contributed by atoms with E-state index in [1.807, 2.05) is 6.21 Å². The van der Waals surface area contributed by atoms with Crippen molar-refractivity contribution in [3.63, 3.8) is 0 Å². The normalized spacial score (nSPS) is 20.2. The van der Waals surface area contributed by atoms with Gasteiger partial charge >= 0.3 is 0 Å². The predicted molar refractivity (Wildman–Crippen MR) is 114 cm³/mol. The van der Waals surface area contributed by atoms with E-state index in [4.69, 9.17) is 0 Å². The number of hydrogen-bond donors (Lipinski definition) is 0. The molecule has 0 amide bonds. The van der Waals surface area contributed by atoms with E-state index in [0.717, 1.165) is 5.69 Å². The first-order valence-corrected chi connectivity index (χ1v) is 9.83. The van der Waals surface area contributed by atoms with Crippen LogP contribution in [0.2, 0.25) is 0 Å². The monoisotopic (exact) mass is 348 g/mol. The van der Waals surface area contributed by atoms with Crippen LogP contribution in [0.25, 0.3) is 0 Å². The summed E-state index contributed by atoms with van der Waals surface area (Å²) in [7, 11) is 2.21. The summed E-state index contributed by atoms with van der Waals surface area (Å²) in [5.74, 6) is 1.18. The Morgan fingerprint density at radius 1 is 1.19 bits per heavy atom. The number of fused-ring (bicyclic) bond motifs is 1. The van der Waals surface area contributed by atoms with Gasteiger partial charge in [0, 0.05) is 24.5 Å². The third kappa shape index (κ3) is 3.70. The van der Waals surface area contributed by atoms with Gasteiger partial charge in [-0.25, -0.2) is 0 Å². The largest absolute Gasteiger partial charge is 0.369 e. The number of anilines is 1. The molecule has 138 valence electrons. The van der Waals surface area contributed by atoms with Gasteiger partial charge in [0.25, 0.3) is 0 Å². The molecule has 2 heteroatoms. The first-order chi connectivity index (χ1) is 12.3. The minimum atomic E-state index is 0.208. The SMILES string of the molecule is CCC(C)c1ccc(N=Cc2ccc3c(c2)C(C)CC(C)(C)N3C)cc1. The Hall–Kier alpha value is -2.09. The number of hydrogen-bond acceptors (Lipinski definition) is 2. The van der Waals surface area contributed by atoms with Crippen LogP contribution >= 0.6 is 0 Å². The maximum absolute atomic E-state index is 4.69. The molecular weight excluding hydrogens is 316 g/mol. The first-order valence-electron chi connectivity index (χ1n) is 9.83. The van der Waals surface area contributed by atoms with Gasteiger partial charge in [0.05, 0.1) is 5.69 Å². The van der Waals surface area contributed by atoms with Crippen molar-refractivity contribution >= 4 is 17.6 Å². The van der Waals surface area contributed by atoms with Gasteiger partial charge in [-0.2, -0.15) is 0 Å². The molecular formula is C24H32N2. The lowest BCUT2D eigenvalue weighted by atomic mass is 9.80. The number of benzene rings is 2. The zero-order valence-electron chi connectivity index (χ0n) is 17.1. The number of nitrogens with zero attached hydrogens (tertiary/aromatic N) is 2. The minimum absolute atomic E-state index is 0.208. The van der Waals surface area contributed by atoms with Crippen molar-refractivity contribution in [1.82, 2.24) is 0 Å². The first kappa shape index (κ1) is 18.7. The zero-order chi connectivity index (χ0) is 18.9. The molecule has 2 unspecified atom stereocenters. The predicted octanol–water partition coefficient (Wildman–Crippen LogP) is 6.67. The van der Waals surface area contributed by atoms with Gasteiger partial charge < -0.3 is 4.90 Å². The quantitative estimate of drug-likeness (QED) is 0.563. The zero-order valence-corrected chi connectivity index (χ0v) is 17.1. The lowest BCUT2D eigenvalue weighted by molar-refractivity contribution is 0.395. The molecule has 0 saturated carbocycles. The van der Waals surface area contributed by atoms with Crippen molar-refractivity contribution in [2.45, 2.75) is 64.8 Å². The van der Waals surface area contributed by atoms with Gasteiger partial charge in [0.2, 0.25) is 0 Å². The Morgan fingerprint density at radius 3 is 2.54 bits per heavy atom. The summed E-state index contributed by atoms with van der Waals surface area (Å²) in [5, 5.41) is 0. The topological polar surface area (TPSA) is 15.6 Å². The second-order valence-electron chi connectivity index (χ2n) is 8.45. The maximum Gasteiger partial charge on any atom is 0.0630 e. The van der Waals surface area contributed by atoms with E-state index in [9.17, 15) is 0 Å². The number of rotatable bonds is 4. The molecule has 0 radical (unpaired) electrons. The number of aliphatic imine (C=N–C) groups is 1. The molecule has 2 aromatic carbocycles. The van der Waals surface area contributed by atoms with Crippen LogP contribution in [0.15, 0.2) is 47.5 Å². The molecule has 0 N–H and O–H groups in total. The van der Waals surface area contributed by atoms with Crippen LogP contribution in [-0.4, -0.2) is 18.8 Å². The molecule has 3 rings (SSSR count). The van der Waals surface area contributed by atoms with E-state index in [0.29, 0.717) is 11.8 Å². The summed E-state index contributed by atoms with van der Waals surface area (Å²) < 4.78 is 0. The van der Waals surface area contributed by atoms with E-state index >= 15 is 0 Å². The fourth-order valence-corrected chi connectivity index (χ4v) is 3.95. The van der Waals surface area contributed by atoms with Gasteiger partial charge in [-0.3, -0.25) is 4.99 Å². The van der Waals surface area contributed by atoms with Crippen LogP contribution in [0.1, 0.15) is 76.0 Å². The third-order valence-corrected chi connectivity index (χ3v) is 6.09. The molecule has 1 heterocycles. The highest BCUT2D eigenvalue weighted by Crippen LogP contribution is 2.42. The Kier molecular flexibility index (Phi) is 5.22. The summed E-state index contributed by atoms with van der Waals surface area (Å²) in [5.41, 5.74) is 6.57. The molecule has 0 aromatic heterocycles. The molecule has 0 aliphatic carbocycles. The maximum atomic E-state index is 4.69. The molecule has 2 nitrogen and oxygen atoms in total. The van der Waals surface area contributed by atoms with Gasteiger partial charge in [-0.15, -0.1) is 0 Å². The van der Waals surface area contributed by atoms with Gasteiger partial charge in [0.15, 0.2) is 0 Å².